The summed E-state index contributed by atoms with van der Waals surface area (Å²) in [6, 6.07) is 0. The first kappa shape index (κ1) is 24.2. The lowest BCUT2D eigenvalue weighted by molar-refractivity contribution is -0.143. The van der Waals surface area contributed by atoms with Crippen LogP contribution in [-0.2, 0) is 9.53 Å². The van der Waals surface area contributed by atoms with Crippen molar-refractivity contribution in [3.05, 3.63) is 60.8 Å². The molecule has 26 heavy (non-hydrogen) atoms. The number of allylic oxidation sites excluding steroid dienone is 10. The first-order chi connectivity index (χ1) is 12.8. The molecule has 0 aliphatic heterocycles. The number of ether oxygens (including phenoxy) is 1. The maximum atomic E-state index is 11.3. The molecular formula is C24H38O2. The summed E-state index contributed by atoms with van der Waals surface area (Å²) in [5.74, 6) is -0.0743. The summed E-state index contributed by atoms with van der Waals surface area (Å²) in [7, 11) is 0. The van der Waals surface area contributed by atoms with Gasteiger partial charge in [0.15, 0.2) is 0 Å². The highest BCUT2D eigenvalue weighted by Gasteiger charge is 1.99. The Labute approximate surface area is 161 Å². The predicted molar refractivity (Wildman–Crippen MR) is 114 cm³/mol. The van der Waals surface area contributed by atoms with Crippen LogP contribution in [0.2, 0.25) is 0 Å². The van der Waals surface area contributed by atoms with E-state index in [-0.39, 0.29) is 5.97 Å². The minimum absolute atomic E-state index is 0.0743. The Morgan fingerprint density at radius 3 is 1.58 bits per heavy atom. The molecule has 0 aromatic rings. The van der Waals surface area contributed by atoms with Gasteiger partial charge in [-0.15, -0.1) is 0 Å². The Morgan fingerprint density at radius 2 is 1.12 bits per heavy atom. The number of carbonyl (C=O) groups is 1. The van der Waals surface area contributed by atoms with Gasteiger partial charge in [-0.2, -0.15) is 0 Å². The van der Waals surface area contributed by atoms with Crippen molar-refractivity contribution < 1.29 is 9.53 Å². The van der Waals surface area contributed by atoms with E-state index in [1.54, 1.807) is 0 Å². The monoisotopic (exact) mass is 358 g/mol. The van der Waals surface area contributed by atoms with Gasteiger partial charge in [0.1, 0.15) is 0 Å². The summed E-state index contributed by atoms with van der Waals surface area (Å²) >= 11 is 0. The van der Waals surface area contributed by atoms with Crippen LogP contribution in [0.15, 0.2) is 60.8 Å². The van der Waals surface area contributed by atoms with E-state index in [0.29, 0.717) is 13.0 Å². The molecule has 0 saturated carbocycles. The van der Waals surface area contributed by atoms with Crippen molar-refractivity contribution in [1.82, 2.24) is 0 Å². The van der Waals surface area contributed by atoms with Gasteiger partial charge in [0, 0.05) is 6.42 Å². The fourth-order valence-electron chi connectivity index (χ4n) is 2.14. The molecule has 0 atom stereocenters. The molecule has 0 bridgehead atoms. The number of esters is 1. The number of rotatable bonds is 16. The minimum atomic E-state index is -0.0743. The van der Waals surface area contributed by atoms with Gasteiger partial charge in [-0.05, 0) is 51.4 Å². The molecule has 0 aromatic heterocycles. The average Bonchev–Trinajstić information content (AvgIpc) is 2.65. The molecule has 0 N–H and O–H groups in total. The topological polar surface area (TPSA) is 26.3 Å². The number of carbonyl (C=O) groups excluding carboxylic acids is 1. The predicted octanol–water partition coefficient (Wildman–Crippen LogP) is 7.25. The zero-order valence-electron chi connectivity index (χ0n) is 16.9. The fourth-order valence-corrected chi connectivity index (χ4v) is 2.14. The van der Waals surface area contributed by atoms with Crippen LogP contribution in [0.1, 0.15) is 78.1 Å². The van der Waals surface area contributed by atoms with Crippen LogP contribution in [0.3, 0.4) is 0 Å². The van der Waals surface area contributed by atoms with Gasteiger partial charge in [-0.25, -0.2) is 0 Å². The highest BCUT2D eigenvalue weighted by atomic mass is 16.5. The molecule has 0 fully saturated rings. The molecule has 0 aliphatic rings. The van der Waals surface area contributed by atoms with E-state index in [1.165, 1.54) is 12.8 Å². The Kier molecular flexibility index (Phi) is 19.7. The summed E-state index contributed by atoms with van der Waals surface area (Å²) in [4.78, 5) is 11.3. The molecule has 2 nitrogen and oxygen atoms in total. The normalized spacial score (nSPS) is 12.5. The van der Waals surface area contributed by atoms with Crippen LogP contribution < -0.4 is 0 Å². The summed E-state index contributed by atoms with van der Waals surface area (Å²) in [6.07, 6.45) is 31.7. The third-order valence-electron chi connectivity index (χ3n) is 3.60. The second-order valence-electron chi connectivity index (χ2n) is 6.20. The van der Waals surface area contributed by atoms with Crippen LogP contribution in [-0.4, -0.2) is 12.6 Å². The minimum Gasteiger partial charge on any atom is -0.466 e. The molecule has 0 aliphatic carbocycles. The lowest BCUT2D eigenvalue weighted by Gasteiger charge is -2.00. The molecule has 0 radical (unpaired) electrons. The first-order valence-electron chi connectivity index (χ1n) is 10.2. The number of hydrogen-bond acceptors (Lipinski definition) is 2. The standard InChI is InChI=1S/C24H38O2/c1-3-5-6-7-8-9-10-11-12-13-14-15-16-17-18-19-20-21-22-24(25)26-23-4-2/h6-7,9-10,12-13,15-16,18-19H,3-5,8,11,14,17,20-23H2,1-2H3/b7-6-,10-9-,13-12-,16-15-,19-18+. The van der Waals surface area contributed by atoms with Gasteiger partial charge in [0.25, 0.3) is 0 Å². The zero-order valence-corrected chi connectivity index (χ0v) is 16.9. The Morgan fingerprint density at radius 1 is 0.654 bits per heavy atom. The second-order valence-corrected chi connectivity index (χ2v) is 6.20. The third kappa shape index (κ3) is 20.2. The van der Waals surface area contributed by atoms with E-state index in [1.807, 2.05) is 6.92 Å². The number of hydrogen-bond donors (Lipinski definition) is 0. The van der Waals surface area contributed by atoms with Crippen molar-refractivity contribution in [2.45, 2.75) is 78.1 Å². The quantitative estimate of drug-likeness (QED) is 0.165. The van der Waals surface area contributed by atoms with Crippen molar-refractivity contribution in [3.63, 3.8) is 0 Å². The maximum absolute atomic E-state index is 11.3. The largest absolute Gasteiger partial charge is 0.466 e. The second kappa shape index (κ2) is 21.2. The molecule has 146 valence electrons. The van der Waals surface area contributed by atoms with Gasteiger partial charge in [0.2, 0.25) is 0 Å². The Hall–Kier alpha value is -1.83. The van der Waals surface area contributed by atoms with E-state index in [2.05, 4.69) is 67.7 Å². The van der Waals surface area contributed by atoms with Crippen LogP contribution in [0.5, 0.6) is 0 Å². The van der Waals surface area contributed by atoms with E-state index in [4.69, 9.17) is 4.74 Å². The smallest absolute Gasteiger partial charge is 0.305 e. The molecule has 0 amide bonds. The van der Waals surface area contributed by atoms with Crippen LogP contribution >= 0.6 is 0 Å². The van der Waals surface area contributed by atoms with Gasteiger partial charge >= 0.3 is 5.97 Å². The molecule has 0 saturated heterocycles. The molecule has 0 heterocycles. The van der Waals surface area contributed by atoms with Crippen molar-refractivity contribution in [3.8, 4) is 0 Å². The number of unbranched alkanes of at least 4 members (excludes halogenated alkanes) is 2. The first-order valence-corrected chi connectivity index (χ1v) is 10.2. The van der Waals surface area contributed by atoms with E-state index >= 15 is 0 Å². The van der Waals surface area contributed by atoms with E-state index < -0.39 is 0 Å². The zero-order chi connectivity index (χ0) is 19.1. The molecular weight excluding hydrogens is 320 g/mol. The Bertz CT molecular complexity index is 453. The molecule has 0 unspecified atom stereocenters. The van der Waals surface area contributed by atoms with Crippen molar-refractivity contribution in [2.24, 2.45) is 0 Å². The van der Waals surface area contributed by atoms with Gasteiger partial charge in [-0.3, -0.25) is 4.79 Å². The summed E-state index contributed by atoms with van der Waals surface area (Å²) in [5, 5.41) is 0. The molecule has 2 heteroatoms. The van der Waals surface area contributed by atoms with Gasteiger partial charge in [-0.1, -0.05) is 81.0 Å². The third-order valence-corrected chi connectivity index (χ3v) is 3.60. The molecule has 0 aromatic carbocycles. The summed E-state index contributed by atoms with van der Waals surface area (Å²) in [6.45, 7) is 4.75. The van der Waals surface area contributed by atoms with Gasteiger partial charge in [0.05, 0.1) is 6.61 Å². The van der Waals surface area contributed by atoms with Crippen molar-refractivity contribution in [2.75, 3.05) is 6.61 Å². The lowest BCUT2D eigenvalue weighted by atomic mass is 10.2. The van der Waals surface area contributed by atoms with Crippen LogP contribution in [0.4, 0.5) is 0 Å². The van der Waals surface area contributed by atoms with Crippen molar-refractivity contribution >= 4 is 5.97 Å². The lowest BCUT2D eigenvalue weighted by Crippen LogP contribution is -2.04. The highest BCUT2D eigenvalue weighted by molar-refractivity contribution is 5.69. The summed E-state index contributed by atoms with van der Waals surface area (Å²) < 4.78 is 5.04. The fraction of sp³-hybridized carbons (Fsp3) is 0.542. The molecule has 0 spiro atoms. The van der Waals surface area contributed by atoms with E-state index in [0.717, 1.165) is 44.9 Å². The van der Waals surface area contributed by atoms with Crippen LogP contribution in [0, 0.1) is 0 Å². The highest BCUT2D eigenvalue weighted by Crippen LogP contribution is 2.01. The van der Waals surface area contributed by atoms with Crippen molar-refractivity contribution in [1.29, 1.82) is 0 Å². The maximum Gasteiger partial charge on any atom is 0.305 e. The molecule has 0 rings (SSSR count). The Balaban J connectivity index is 3.49. The SMILES string of the molecule is CCC/C=C\C/C=C\C/C=C\C/C=C\C/C=C/CCCC(=O)OCCC. The summed E-state index contributed by atoms with van der Waals surface area (Å²) in [5.41, 5.74) is 0. The van der Waals surface area contributed by atoms with E-state index in [9.17, 15) is 4.79 Å². The average molecular weight is 359 g/mol. The van der Waals surface area contributed by atoms with Gasteiger partial charge < -0.3 is 4.74 Å². The van der Waals surface area contributed by atoms with Crippen LogP contribution in [0.25, 0.3) is 0 Å².